The summed E-state index contributed by atoms with van der Waals surface area (Å²) in [5, 5.41) is 4.54. The lowest BCUT2D eigenvalue weighted by atomic mass is 10.1. The molecule has 0 unspecified atom stereocenters. The number of thioether (sulfide) groups is 1. The van der Waals surface area contributed by atoms with Crippen LogP contribution in [-0.2, 0) is 4.79 Å². The van der Waals surface area contributed by atoms with Crippen LogP contribution in [0.2, 0.25) is 0 Å². The van der Waals surface area contributed by atoms with Crippen molar-refractivity contribution in [2.75, 3.05) is 5.75 Å². The molecule has 0 radical (unpaired) electrons. The monoisotopic (exact) mass is 380 g/mol. The molecule has 1 amide bonds. The van der Waals surface area contributed by atoms with E-state index in [0.29, 0.717) is 16.4 Å². The second-order valence-electron chi connectivity index (χ2n) is 5.36. The van der Waals surface area contributed by atoms with Gasteiger partial charge in [0.25, 0.3) is 5.91 Å². The predicted molar refractivity (Wildman–Crippen MR) is 95.7 cm³/mol. The number of hydrazone groups is 1. The third-order valence-corrected chi connectivity index (χ3v) is 3.99. The fourth-order valence-corrected chi connectivity index (χ4v) is 2.75. The van der Waals surface area contributed by atoms with E-state index >= 15 is 0 Å². The third kappa shape index (κ3) is 6.40. The number of ether oxygens (including phenoxy) is 1. The number of nitrogens with zero attached hydrogens (tertiary/aromatic N) is 3. The molecule has 0 saturated carbocycles. The van der Waals surface area contributed by atoms with Gasteiger partial charge in [-0.3, -0.25) is 4.79 Å². The molecule has 138 valence electrons. The van der Waals surface area contributed by atoms with Crippen molar-refractivity contribution in [3.8, 4) is 5.75 Å². The molecule has 1 aromatic carbocycles. The van der Waals surface area contributed by atoms with E-state index in [9.17, 15) is 13.6 Å². The van der Waals surface area contributed by atoms with E-state index in [-0.39, 0.29) is 17.4 Å². The Labute approximate surface area is 154 Å². The summed E-state index contributed by atoms with van der Waals surface area (Å²) < 4.78 is 28.5. The van der Waals surface area contributed by atoms with Gasteiger partial charge >= 0.3 is 6.61 Å². The smallest absolute Gasteiger partial charge is 0.387 e. The van der Waals surface area contributed by atoms with Gasteiger partial charge in [0.2, 0.25) is 0 Å². The zero-order chi connectivity index (χ0) is 19.1. The largest absolute Gasteiger partial charge is 0.435 e. The van der Waals surface area contributed by atoms with Crippen LogP contribution in [0.3, 0.4) is 0 Å². The number of halogens is 2. The number of aromatic nitrogens is 2. The number of hydrogen-bond acceptors (Lipinski definition) is 6. The molecule has 6 nitrogen and oxygen atoms in total. The van der Waals surface area contributed by atoms with E-state index in [2.05, 4.69) is 25.2 Å². The van der Waals surface area contributed by atoms with Gasteiger partial charge in [-0.2, -0.15) is 13.9 Å². The minimum Gasteiger partial charge on any atom is -0.435 e. The van der Waals surface area contributed by atoms with Crippen molar-refractivity contribution in [2.24, 2.45) is 5.10 Å². The molecule has 0 spiro atoms. The molecule has 0 aliphatic carbocycles. The number of carbonyl (C=O) groups is 1. The summed E-state index contributed by atoms with van der Waals surface area (Å²) in [5.74, 6) is -0.110. The quantitative estimate of drug-likeness (QED) is 0.345. The summed E-state index contributed by atoms with van der Waals surface area (Å²) in [6, 6.07) is 7.85. The summed E-state index contributed by atoms with van der Waals surface area (Å²) >= 11 is 1.22. The minimum atomic E-state index is -2.87. The number of hydrogen-bond donors (Lipinski definition) is 1. The molecule has 2 aromatic rings. The number of carbonyl (C=O) groups excluding carboxylic acids is 1. The first-order valence-electron chi connectivity index (χ1n) is 7.67. The summed E-state index contributed by atoms with van der Waals surface area (Å²) in [6.45, 7) is 2.56. The van der Waals surface area contributed by atoms with Crippen LogP contribution in [0.25, 0.3) is 0 Å². The van der Waals surface area contributed by atoms with Crippen molar-refractivity contribution in [2.45, 2.75) is 32.5 Å². The van der Waals surface area contributed by atoms with Gasteiger partial charge < -0.3 is 4.74 Å². The van der Waals surface area contributed by atoms with E-state index in [4.69, 9.17) is 0 Å². The van der Waals surface area contributed by atoms with E-state index in [1.54, 1.807) is 19.1 Å². The van der Waals surface area contributed by atoms with Gasteiger partial charge in [-0.05, 0) is 56.7 Å². The normalized spacial score (nSPS) is 11.5. The molecule has 1 N–H and O–H groups in total. The molecule has 0 aliphatic heterocycles. The Hall–Kier alpha value is -2.55. The van der Waals surface area contributed by atoms with Gasteiger partial charge in [-0.15, -0.1) is 0 Å². The average Bonchev–Trinajstić information content (AvgIpc) is 2.57. The van der Waals surface area contributed by atoms with E-state index < -0.39 is 6.61 Å². The van der Waals surface area contributed by atoms with Crippen LogP contribution in [0.5, 0.6) is 5.75 Å². The number of alkyl halides is 2. The van der Waals surface area contributed by atoms with Crippen LogP contribution in [0, 0.1) is 13.8 Å². The highest BCUT2D eigenvalue weighted by atomic mass is 32.2. The molecule has 26 heavy (non-hydrogen) atoms. The summed E-state index contributed by atoms with van der Waals surface area (Å²) in [5.41, 5.74) is 5.35. The maximum Gasteiger partial charge on any atom is 0.387 e. The van der Waals surface area contributed by atoms with Crippen LogP contribution >= 0.6 is 11.8 Å². The molecule has 0 fully saturated rings. The summed E-state index contributed by atoms with van der Waals surface area (Å²) in [6.07, 6.45) is 0. The molecular weight excluding hydrogens is 362 g/mol. The molecule has 1 aromatic heterocycles. The Morgan fingerprint density at radius 2 is 1.85 bits per heavy atom. The predicted octanol–water partition coefficient (Wildman–Crippen LogP) is 3.33. The number of nitrogens with one attached hydrogen (secondary N) is 1. The molecule has 0 bridgehead atoms. The maximum absolute atomic E-state index is 12.1. The van der Waals surface area contributed by atoms with Gasteiger partial charge in [-0.1, -0.05) is 11.8 Å². The van der Waals surface area contributed by atoms with Crippen LogP contribution < -0.4 is 10.2 Å². The first-order chi connectivity index (χ1) is 12.3. The first-order valence-corrected chi connectivity index (χ1v) is 8.65. The lowest BCUT2D eigenvalue weighted by Crippen LogP contribution is -2.21. The highest BCUT2D eigenvalue weighted by Gasteiger charge is 2.07. The molecule has 0 aliphatic rings. The Kier molecular flexibility index (Phi) is 7.02. The Morgan fingerprint density at radius 1 is 1.23 bits per heavy atom. The zero-order valence-corrected chi connectivity index (χ0v) is 15.3. The second kappa shape index (κ2) is 9.23. The lowest BCUT2D eigenvalue weighted by Gasteiger charge is -2.06. The minimum absolute atomic E-state index is 0.0606. The van der Waals surface area contributed by atoms with Crippen molar-refractivity contribution in [1.29, 1.82) is 0 Å². The van der Waals surface area contributed by atoms with Crippen molar-refractivity contribution in [3.05, 3.63) is 47.3 Å². The second-order valence-corrected chi connectivity index (χ2v) is 6.30. The standard InChI is InChI=1S/C17H18F2N4O2S/c1-10-8-11(2)21-17(20-10)26-9-15(24)23-22-12(3)13-4-6-14(7-5-13)25-16(18)19/h4-8,16H,9H2,1-3H3,(H,23,24)/b22-12+. The lowest BCUT2D eigenvalue weighted by molar-refractivity contribution is -0.118. The summed E-state index contributed by atoms with van der Waals surface area (Å²) in [7, 11) is 0. The van der Waals surface area contributed by atoms with Gasteiger partial charge in [0, 0.05) is 11.4 Å². The van der Waals surface area contributed by atoms with Crippen molar-refractivity contribution in [1.82, 2.24) is 15.4 Å². The molecule has 2 rings (SSSR count). The maximum atomic E-state index is 12.1. The number of benzene rings is 1. The van der Waals surface area contributed by atoms with Crippen molar-refractivity contribution < 1.29 is 18.3 Å². The summed E-state index contributed by atoms with van der Waals surface area (Å²) in [4.78, 5) is 20.4. The van der Waals surface area contributed by atoms with Gasteiger partial charge in [0.05, 0.1) is 11.5 Å². The van der Waals surface area contributed by atoms with Crippen molar-refractivity contribution >= 4 is 23.4 Å². The fourth-order valence-electron chi connectivity index (χ4n) is 2.01. The molecule has 0 atom stereocenters. The van der Waals surface area contributed by atoms with E-state index in [1.165, 1.54) is 23.9 Å². The molecule has 9 heteroatoms. The molecule has 1 heterocycles. The van der Waals surface area contributed by atoms with E-state index in [1.807, 2.05) is 19.9 Å². The van der Waals surface area contributed by atoms with Crippen LogP contribution in [0.1, 0.15) is 23.9 Å². The average molecular weight is 380 g/mol. The highest BCUT2D eigenvalue weighted by molar-refractivity contribution is 7.99. The van der Waals surface area contributed by atoms with Gasteiger partial charge in [-0.25, -0.2) is 15.4 Å². The number of amides is 1. The number of aryl methyl sites for hydroxylation is 2. The van der Waals surface area contributed by atoms with Gasteiger partial charge in [0.15, 0.2) is 5.16 Å². The van der Waals surface area contributed by atoms with Gasteiger partial charge in [0.1, 0.15) is 5.75 Å². The topological polar surface area (TPSA) is 76.5 Å². The first kappa shape index (κ1) is 19.8. The molecule has 0 saturated heterocycles. The highest BCUT2D eigenvalue weighted by Crippen LogP contribution is 2.16. The third-order valence-electron chi connectivity index (χ3n) is 3.14. The van der Waals surface area contributed by atoms with E-state index in [0.717, 1.165) is 11.4 Å². The Bertz CT molecular complexity index is 778. The Balaban J connectivity index is 1.88. The Morgan fingerprint density at radius 3 is 2.42 bits per heavy atom. The SMILES string of the molecule is C/C(=N\NC(=O)CSc1nc(C)cc(C)n1)c1ccc(OC(F)F)cc1. The zero-order valence-electron chi connectivity index (χ0n) is 14.5. The van der Waals surface area contributed by atoms with Crippen LogP contribution in [-0.4, -0.2) is 34.0 Å². The van der Waals surface area contributed by atoms with Crippen LogP contribution in [0.15, 0.2) is 40.6 Å². The van der Waals surface area contributed by atoms with Crippen molar-refractivity contribution in [3.63, 3.8) is 0 Å². The number of rotatable bonds is 7. The van der Waals surface area contributed by atoms with Crippen LogP contribution in [0.4, 0.5) is 8.78 Å². The molecular formula is C17H18F2N4O2S. The fraction of sp³-hybridized carbons (Fsp3) is 0.294.